The van der Waals surface area contributed by atoms with Gasteiger partial charge in [-0.1, -0.05) is 15.9 Å². The van der Waals surface area contributed by atoms with Gasteiger partial charge in [0, 0.05) is 17.6 Å². The van der Waals surface area contributed by atoms with Crippen molar-refractivity contribution in [1.82, 2.24) is 9.97 Å². The number of hydrogen-bond donors (Lipinski definition) is 0. The van der Waals surface area contributed by atoms with Crippen molar-refractivity contribution in [3.05, 3.63) is 35.9 Å². The molecule has 0 aliphatic rings. The van der Waals surface area contributed by atoms with Crippen LogP contribution in [0.25, 0.3) is 11.0 Å². The average Bonchev–Trinajstić information content (AvgIpc) is 2.17. The van der Waals surface area contributed by atoms with Crippen molar-refractivity contribution in [2.75, 3.05) is 0 Å². The van der Waals surface area contributed by atoms with Crippen LogP contribution in [-0.2, 0) is 5.33 Å². The second-order valence-electron chi connectivity index (χ2n) is 2.63. The van der Waals surface area contributed by atoms with Crippen molar-refractivity contribution < 1.29 is 4.39 Å². The highest BCUT2D eigenvalue weighted by Crippen LogP contribution is 2.12. The molecule has 2 rings (SSSR count). The van der Waals surface area contributed by atoms with E-state index < -0.39 is 0 Å². The summed E-state index contributed by atoms with van der Waals surface area (Å²) >= 11 is 3.28. The summed E-state index contributed by atoms with van der Waals surface area (Å²) in [4.78, 5) is 8.34. The van der Waals surface area contributed by atoms with Gasteiger partial charge in [-0.25, -0.2) is 9.37 Å². The lowest BCUT2D eigenvalue weighted by molar-refractivity contribution is 0.629. The smallest absolute Gasteiger partial charge is 0.125 e. The van der Waals surface area contributed by atoms with Crippen molar-refractivity contribution in [2.24, 2.45) is 0 Å². The molecule has 1 heterocycles. The molecule has 0 radical (unpaired) electrons. The van der Waals surface area contributed by atoms with E-state index in [1.165, 1.54) is 12.1 Å². The summed E-state index contributed by atoms with van der Waals surface area (Å²) in [5.41, 5.74) is 2.15. The maximum absolute atomic E-state index is 12.7. The summed E-state index contributed by atoms with van der Waals surface area (Å²) in [5.74, 6) is -0.284. The maximum Gasteiger partial charge on any atom is 0.125 e. The quantitative estimate of drug-likeness (QED) is 0.717. The zero-order valence-electron chi connectivity index (χ0n) is 6.67. The lowest BCUT2D eigenvalue weighted by Crippen LogP contribution is -1.89. The Bertz CT molecular complexity index is 445. The second kappa shape index (κ2) is 3.38. The number of benzene rings is 1. The van der Waals surface area contributed by atoms with Crippen LogP contribution in [0.15, 0.2) is 24.4 Å². The Morgan fingerprint density at radius 2 is 2.15 bits per heavy atom. The topological polar surface area (TPSA) is 25.8 Å². The van der Waals surface area contributed by atoms with Crippen LogP contribution in [0.4, 0.5) is 4.39 Å². The van der Waals surface area contributed by atoms with Crippen molar-refractivity contribution in [1.29, 1.82) is 0 Å². The predicted molar refractivity (Wildman–Crippen MR) is 52.1 cm³/mol. The second-order valence-corrected chi connectivity index (χ2v) is 3.19. The molecular weight excluding hydrogens is 235 g/mol. The Kier molecular flexibility index (Phi) is 2.22. The lowest BCUT2D eigenvalue weighted by atomic mass is 10.3. The first-order valence-corrected chi connectivity index (χ1v) is 4.89. The van der Waals surface area contributed by atoms with E-state index in [1.807, 2.05) is 0 Å². The van der Waals surface area contributed by atoms with E-state index in [0.717, 1.165) is 11.2 Å². The van der Waals surface area contributed by atoms with Crippen LogP contribution in [-0.4, -0.2) is 9.97 Å². The lowest BCUT2D eigenvalue weighted by Gasteiger charge is -1.98. The van der Waals surface area contributed by atoms with Gasteiger partial charge in [0.1, 0.15) is 5.82 Å². The molecule has 0 amide bonds. The third kappa shape index (κ3) is 1.67. The Morgan fingerprint density at radius 1 is 1.31 bits per heavy atom. The number of halogens is 2. The summed E-state index contributed by atoms with van der Waals surface area (Å²) in [6.45, 7) is 0. The molecule has 0 spiro atoms. The van der Waals surface area contributed by atoms with Gasteiger partial charge in [-0.3, -0.25) is 4.98 Å². The highest BCUT2D eigenvalue weighted by atomic mass is 79.9. The van der Waals surface area contributed by atoms with Crippen molar-refractivity contribution >= 4 is 27.0 Å². The molecule has 0 atom stereocenters. The Hall–Kier alpha value is -1.03. The minimum absolute atomic E-state index is 0.284. The Labute approximate surface area is 83.0 Å². The molecule has 13 heavy (non-hydrogen) atoms. The molecule has 2 aromatic rings. The molecule has 0 aliphatic heterocycles. The number of hydrogen-bond acceptors (Lipinski definition) is 2. The first-order valence-electron chi connectivity index (χ1n) is 3.77. The van der Waals surface area contributed by atoms with Crippen LogP contribution in [0.2, 0.25) is 0 Å². The summed E-state index contributed by atoms with van der Waals surface area (Å²) in [7, 11) is 0. The minimum Gasteiger partial charge on any atom is -0.253 e. The zero-order chi connectivity index (χ0) is 9.26. The first kappa shape index (κ1) is 8.56. The summed E-state index contributed by atoms with van der Waals surface area (Å²) in [6, 6.07) is 4.39. The normalized spacial score (nSPS) is 10.6. The van der Waals surface area contributed by atoms with Gasteiger partial charge in [-0.2, -0.15) is 0 Å². The van der Waals surface area contributed by atoms with Crippen LogP contribution >= 0.6 is 15.9 Å². The van der Waals surface area contributed by atoms with Gasteiger partial charge in [0.25, 0.3) is 0 Å². The number of nitrogens with zero attached hydrogens (tertiary/aromatic N) is 2. The Balaban J connectivity index is 2.66. The van der Waals surface area contributed by atoms with E-state index in [9.17, 15) is 4.39 Å². The summed E-state index contributed by atoms with van der Waals surface area (Å²) in [5, 5.41) is 0.660. The minimum atomic E-state index is -0.284. The van der Waals surface area contributed by atoms with Crippen molar-refractivity contribution in [3.63, 3.8) is 0 Å². The molecule has 2 nitrogen and oxygen atoms in total. The van der Waals surface area contributed by atoms with E-state index in [1.54, 1.807) is 12.3 Å². The molecule has 4 heteroatoms. The van der Waals surface area contributed by atoms with E-state index >= 15 is 0 Å². The zero-order valence-corrected chi connectivity index (χ0v) is 8.25. The fourth-order valence-electron chi connectivity index (χ4n) is 1.09. The predicted octanol–water partition coefficient (Wildman–Crippen LogP) is 2.66. The highest BCUT2D eigenvalue weighted by Gasteiger charge is 1.99. The largest absolute Gasteiger partial charge is 0.253 e. The van der Waals surface area contributed by atoms with Crippen LogP contribution in [0.5, 0.6) is 0 Å². The third-order valence-electron chi connectivity index (χ3n) is 1.69. The molecular formula is C9H6BrFN2. The van der Waals surface area contributed by atoms with Crippen LogP contribution in [0.3, 0.4) is 0 Å². The SMILES string of the molecule is Fc1ccc2nc(CBr)cnc2c1. The van der Waals surface area contributed by atoms with Gasteiger partial charge in [0.05, 0.1) is 16.7 Å². The van der Waals surface area contributed by atoms with E-state index in [0.29, 0.717) is 10.8 Å². The highest BCUT2D eigenvalue weighted by molar-refractivity contribution is 9.08. The molecule has 0 unspecified atom stereocenters. The fourth-order valence-corrected chi connectivity index (χ4v) is 1.36. The summed E-state index contributed by atoms with van der Waals surface area (Å²) < 4.78 is 12.7. The number of rotatable bonds is 1. The average molecular weight is 241 g/mol. The molecule has 0 fully saturated rings. The van der Waals surface area contributed by atoms with E-state index in [4.69, 9.17) is 0 Å². The summed E-state index contributed by atoms with van der Waals surface area (Å²) in [6.07, 6.45) is 1.64. The molecule has 66 valence electrons. The molecule has 1 aromatic carbocycles. The van der Waals surface area contributed by atoms with Crippen molar-refractivity contribution in [3.8, 4) is 0 Å². The van der Waals surface area contributed by atoms with Gasteiger partial charge in [0.2, 0.25) is 0 Å². The fraction of sp³-hybridized carbons (Fsp3) is 0.111. The molecule has 1 aromatic heterocycles. The van der Waals surface area contributed by atoms with E-state index in [2.05, 4.69) is 25.9 Å². The standard InChI is InChI=1S/C9H6BrFN2/c10-4-7-5-12-9-3-6(11)1-2-8(9)13-7/h1-3,5H,4H2. The van der Waals surface area contributed by atoms with Gasteiger partial charge in [-0.15, -0.1) is 0 Å². The number of fused-ring (bicyclic) bond motifs is 1. The van der Waals surface area contributed by atoms with Gasteiger partial charge >= 0.3 is 0 Å². The molecule has 0 saturated carbocycles. The third-order valence-corrected chi connectivity index (χ3v) is 2.27. The molecule has 0 aliphatic carbocycles. The molecule has 0 saturated heterocycles. The number of alkyl halides is 1. The first-order chi connectivity index (χ1) is 6.29. The monoisotopic (exact) mass is 240 g/mol. The van der Waals surface area contributed by atoms with Gasteiger partial charge in [-0.05, 0) is 12.1 Å². The van der Waals surface area contributed by atoms with Crippen LogP contribution in [0.1, 0.15) is 5.69 Å². The van der Waals surface area contributed by atoms with Crippen molar-refractivity contribution in [2.45, 2.75) is 5.33 Å². The van der Waals surface area contributed by atoms with Gasteiger partial charge < -0.3 is 0 Å². The van der Waals surface area contributed by atoms with Crippen LogP contribution < -0.4 is 0 Å². The molecule has 0 N–H and O–H groups in total. The van der Waals surface area contributed by atoms with Gasteiger partial charge in [0.15, 0.2) is 0 Å². The number of aromatic nitrogens is 2. The molecule has 0 bridgehead atoms. The van der Waals surface area contributed by atoms with E-state index in [-0.39, 0.29) is 5.82 Å². The Morgan fingerprint density at radius 3 is 2.92 bits per heavy atom. The maximum atomic E-state index is 12.7. The van der Waals surface area contributed by atoms with Crippen LogP contribution in [0, 0.1) is 5.82 Å².